The molecule has 1 aromatic heterocycles. The summed E-state index contributed by atoms with van der Waals surface area (Å²) in [7, 11) is 0. The van der Waals surface area contributed by atoms with E-state index >= 15 is 0 Å². The van der Waals surface area contributed by atoms with Crippen molar-refractivity contribution in [2.24, 2.45) is 0 Å². The van der Waals surface area contributed by atoms with Crippen molar-refractivity contribution in [1.29, 1.82) is 0 Å². The maximum atomic E-state index is 12.9. The minimum absolute atomic E-state index is 0.00322. The lowest BCUT2D eigenvalue weighted by molar-refractivity contribution is -0.141. The van der Waals surface area contributed by atoms with Gasteiger partial charge in [0, 0.05) is 29.6 Å². The van der Waals surface area contributed by atoms with Crippen LogP contribution in [0.3, 0.4) is 0 Å². The first kappa shape index (κ1) is 22.3. The lowest BCUT2D eigenvalue weighted by Gasteiger charge is -2.19. The molecule has 3 aromatic rings. The molecule has 170 valence electrons. The number of benzene rings is 2. The second-order valence-corrected chi connectivity index (χ2v) is 8.17. The highest BCUT2D eigenvalue weighted by molar-refractivity contribution is 6.35. The van der Waals surface area contributed by atoms with Crippen LogP contribution >= 0.6 is 11.6 Å². The van der Waals surface area contributed by atoms with Crippen LogP contribution in [0.4, 0.5) is 0 Å². The number of fused-ring (bicyclic) bond motifs is 1. The molecule has 4 rings (SSSR count). The maximum absolute atomic E-state index is 12.9. The van der Waals surface area contributed by atoms with Gasteiger partial charge in [-0.1, -0.05) is 41.9 Å². The minimum Gasteiger partial charge on any atom is -0.361 e. The fraction of sp³-hybridized carbons (Fsp3) is 0.217. The minimum atomic E-state index is -1.06. The first-order valence-electron chi connectivity index (χ1n) is 10.4. The molecule has 0 bridgehead atoms. The molecule has 1 saturated carbocycles. The van der Waals surface area contributed by atoms with Crippen LogP contribution in [0.2, 0.25) is 5.02 Å². The van der Waals surface area contributed by atoms with E-state index in [1.165, 1.54) is 0 Å². The summed E-state index contributed by atoms with van der Waals surface area (Å²) in [5, 5.41) is 6.34. The number of hydrogen-bond donors (Lipinski definition) is 5. The van der Waals surface area contributed by atoms with E-state index < -0.39 is 29.7 Å². The smallest absolute Gasteiger partial charge is 0.327 e. The SMILES string of the molecule is O=C(NNC(=O)C(Cc1c[nH]c2ccccc12)NC(=O)c1ccccc1Cl)C(=O)NC1CC1. The van der Waals surface area contributed by atoms with Crippen LogP contribution in [0.25, 0.3) is 10.9 Å². The standard InChI is InChI=1S/C23H22ClN5O4/c24-17-7-3-1-6-16(17)20(30)27-19(11-13-12-25-18-8-4-2-5-15(13)18)21(31)28-29-23(33)22(32)26-14-9-10-14/h1-8,12,14,19,25H,9-11H2,(H,26,32)(H,27,30)(H,28,31)(H,29,33). The second-order valence-electron chi connectivity index (χ2n) is 7.76. The van der Waals surface area contributed by atoms with Crippen molar-refractivity contribution in [3.63, 3.8) is 0 Å². The average Bonchev–Trinajstić information content (AvgIpc) is 3.54. The number of rotatable bonds is 6. The molecule has 9 nitrogen and oxygen atoms in total. The number of amides is 4. The Kier molecular flexibility index (Phi) is 6.60. The molecule has 10 heteroatoms. The zero-order valence-electron chi connectivity index (χ0n) is 17.5. The van der Waals surface area contributed by atoms with Gasteiger partial charge in [0.1, 0.15) is 6.04 Å². The molecule has 1 fully saturated rings. The summed E-state index contributed by atoms with van der Waals surface area (Å²) in [5.74, 6) is -3.05. The number of para-hydroxylation sites is 1. The van der Waals surface area contributed by atoms with Gasteiger partial charge >= 0.3 is 11.8 Å². The summed E-state index contributed by atoms with van der Waals surface area (Å²) in [4.78, 5) is 52.6. The van der Waals surface area contributed by atoms with Crippen molar-refractivity contribution in [3.8, 4) is 0 Å². The van der Waals surface area contributed by atoms with E-state index in [0.29, 0.717) is 0 Å². The number of carbonyl (C=O) groups excluding carboxylic acids is 4. The molecule has 1 atom stereocenters. The van der Waals surface area contributed by atoms with Gasteiger partial charge in [-0.2, -0.15) is 0 Å². The van der Waals surface area contributed by atoms with Gasteiger partial charge in [-0.05, 0) is 36.6 Å². The van der Waals surface area contributed by atoms with Crippen LogP contribution in [0, 0.1) is 0 Å². The molecule has 33 heavy (non-hydrogen) atoms. The Morgan fingerprint density at radius 3 is 2.45 bits per heavy atom. The van der Waals surface area contributed by atoms with Crippen molar-refractivity contribution in [1.82, 2.24) is 26.5 Å². The summed E-state index contributed by atoms with van der Waals surface area (Å²) in [6.45, 7) is 0. The van der Waals surface area contributed by atoms with Gasteiger partial charge in [0.2, 0.25) is 0 Å². The zero-order chi connectivity index (χ0) is 23.4. The molecule has 0 radical (unpaired) electrons. The Hall–Kier alpha value is -3.85. The number of aromatic nitrogens is 1. The van der Waals surface area contributed by atoms with Gasteiger partial charge in [0.15, 0.2) is 0 Å². The van der Waals surface area contributed by atoms with Crippen molar-refractivity contribution in [3.05, 3.63) is 70.9 Å². The van der Waals surface area contributed by atoms with Crippen LogP contribution in [0.5, 0.6) is 0 Å². The van der Waals surface area contributed by atoms with Crippen LogP contribution < -0.4 is 21.5 Å². The summed E-state index contributed by atoms with van der Waals surface area (Å²) in [6.07, 6.45) is 3.54. The molecule has 2 aromatic carbocycles. The molecular formula is C23H22ClN5O4. The highest BCUT2D eigenvalue weighted by Crippen LogP contribution is 2.20. The van der Waals surface area contributed by atoms with Crippen molar-refractivity contribution in [2.45, 2.75) is 31.3 Å². The number of H-pyrrole nitrogens is 1. The largest absolute Gasteiger partial charge is 0.361 e. The highest BCUT2D eigenvalue weighted by atomic mass is 35.5. The number of halogens is 1. The van der Waals surface area contributed by atoms with Gasteiger partial charge in [-0.25, -0.2) is 0 Å². The summed E-state index contributed by atoms with van der Waals surface area (Å²) >= 11 is 6.12. The monoisotopic (exact) mass is 467 g/mol. The van der Waals surface area contributed by atoms with Gasteiger partial charge < -0.3 is 15.6 Å². The van der Waals surface area contributed by atoms with Gasteiger partial charge in [0.05, 0.1) is 10.6 Å². The van der Waals surface area contributed by atoms with Crippen molar-refractivity contribution in [2.75, 3.05) is 0 Å². The number of aromatic amines is 1. The Bertz CT molecular complexity index is 1220. The molecule has 0 aliphatic heterocycles. The van der Waals surface area contributed by atoms with E-state index in [0.717, 1.165) is 29.3 Å². The van der Waals surface area contributed by atoms with Crippen LogP contribution in [-0.2, 0) is 20.8 Å². The summed E-state index contributed by atoms with van der Waals surface area (Å²) in [5.41, 5.74) is 6.22. The molecule has 5 N–H and O–H groups in total. The molecule has 1 unspecified atom stereocenters. The summed E-state index contributed by atoms with van der Waals surface area (Å²) in [6, 6.07) is 13.0. The maximum Gasteiger partial charge on any atom is 0.327 e. The number of hydrazine groups is 1. The van der Waals surface area contributed by atoms with Gasteiger partial charge in [-0.15, -0.1) is 0 Å². The topological polar surface area (TPSA) is 132 Å². The Labute approximate surface area is 194 Å². The Morgan fingerprint density at radius 1 is 0.970 bits per heavy atom. The Balaban J connectivity index is 1.49. The van der Waals surface area contributed by atoms with E-state index in [4.69, 9.17) is 11.6 Å². The molecule has 1 aliphatic rings. The van der Waals surface area contributed by atoms with E-state index in [1.807, 2.05) is 24.3 Å². The van der Waals surface area contributed by atoms with Crippen LogP contribution in [0.1, 0.15) is 28.8 Å². The first-order chi connectivity index (χ1) is 15.9. The van der Waals surface area contributed by atoms with Gasteiger partial charge in [-0.3, -0.25) is 30.0 Å². The molecule has 1 aliphatic carbocycles. The van der Waals surface area contributed by atoms with E-state index in [-0.39, 0.29) is 23.0 Å². The quantitative estimate of drug-likeness (QED) is 0.278. The fourth-order valence-corrected chi connectivity index (χ4v) is 3.57. The number of nitrogens with one attached hydrogen (secondary N) is 5. The third-order valence-electron chi connectivity index (χ3n) is 5.26. The molecule has 0 saturated heterocycles. The van der Waals surface area contributed by atoms with Gasteiger partial charge in [0.25, 0.3) is 11.8 Å². The summed E-state index contributed by atoms with van der Waals surface area (Å²) < 4.78 is 0. The lowest BCUT2D eigenvalue weighted by atomic mass is 10.0. The first-order valence-corrected chi connectivity index (χ1v) is 10.8. The average molecular weight is 468 g/mol. The fourth-order valence-electron chi connectivity index (χ4n) is 3.35. The normalized spacial score (nSPS) is 13.7. The van der Waals surface area contributed by atoms with E-state index in [1.54, 1.807) is 30.5 Å². The highest BCUT2D eigenvalue weighted by Gasteiger charge is 2.28. The van der Waals surface area contributed by atoms with Crippen LogP contribution in [-0.4, -0.2) is 40.7 Å². The zero-order valence-corrected chi connectivity index (χ0v) is 18.2. The second kappa shape index (κ2) is 9.74. The third-order valence-corrected chi connectivity index (χ3v) is 5.59. The lowest BCUT2D eigenvalue weighted by Crippen LogP contribution is -2.55. The third kappa shape index (κ3) is 5.50. The number of carbonyl (C=O) groups is 4. The molecule has 1 heterocycles. The van der Waals surface area contributed by atoms with Crippen LogP contribution in [0.15, 0.2) is 54.7 Å². The molecular weight excluding hydrogens is 446 g/mol. The van der Waals surface area contributed by atoms with Crippen molar-refractivity contribution >= 4 is 46.1 Å². The van der Waals surface area contributed by atoms with E-state index in [2.05, 4.69) is 26.5 Å². The predicted molar refractivity (Wildman–Crippen MR) is 122 cm³/mol. The number of hydrogen-bond acceptors (Lipinski definition) is 4. The molecule has 4 amide bonds. The predicted octanol–water partition coefficient (Wildman–Crippen LogP) is 1.59. The molecule has 0 spiro atoms. The Morgan fingerprint density at radius 2 is 1.70 bits per heavy atom. The van der Waals surface area contributed by atoms with E-state index in [9.17, 15) is 19.2 Å². The van der Waals surface area contributed by atoms with Crippen molar-refractivity contribution < 1.29 is 19.2 Å².